The SMILES string of the molecule is C=C1C=CC(/C(N)=N/c2nc(=O)c(N3CCN(C(=O)c4ncnc(C)c4O)CC3)c(CC)n2CC(=O)Nc2ccc(C(F)(F)F)cc2Cl)=CC1=N. The zero-order valence-corrected chi connectivity index (χ0v) is 28.1. The maximum absolute atomic E-state index is 13.7. The number of allylic oxidation sites excluding steroid dienone is 3. The first-order chi connectivity index (χ1) is 24.1. The molecule has 51 heavy (non-hydrogen) atoms. The zero-order chi connectivity index (χ0) is 37.2. The lowest BCUT2D eigenvalue weighted by atomic mass is 10.0. The van der Waals surface area contributed by atoms with Gasteiger partial charge in [-0.15, -0.1) is 0 Å². The minimum atomic E-state index is -4.64. The van der Waals surface area contributed by atoms with Gasteiger partial charge in [0.15, 0.2) is 11.4 Å². The van der Waals surface area contributed by atoms with Gasteiger partial charge in [-0.25, -0.2) is 9.97 Å². The van der Waals surface area contributed by atoms with Crippen molar-refractivity contribution in [3.8, 4) is 5.75 Å². The molecule has 1 aliphatic heterocycles. The predicted octanol–water partition coefficient (Wildman–Crippen LogP) is 3.94. The fourth-order valence-corrected chi connectivity index (χ4v) is 5.67. The fraction of sp³-hybridized carbons (Fsp3) is 0.273. The highest BCUT2D eigenvalue weighted by atomic mass is 35.5. The minimum absolute atomic E-state index is 0.0755. The summed E-state index contributed by atoms with van der Waals surface area (Å²) in [6.45, 7) is 7.22. The van der Waals surface area contributed by atoms with Crippen LogP contribution in [-0.4, -0.2) is 79.1 Å². The van der Waals surface area contributed by atoms with E-state index in [1.165, 1.54) is 21.9 Å². The van der Waals surface area contributed by atoms with E-state index in [0.29, 0.717) is 22.9 Å². The van der Waals surface area contributed by atoms with Crippen molar-refractivity contribution in [3.63, 3.8) is 0 Å². The molecule has 5 rings (SSSR count). The number of rotatable bonds is 8. The van der Waals surface area contributed by atoms with E-state index in [0.717, 1.165) is 12.1 Å². The molecule has 266 valence electrons. The molecule has 18 heteroatoms. The van der Waals surface area contributed by atoms with Gasteiger partial charge in [-0.2, -0.15) is 23.1 Å². The highest BCUT2D eigenvalue weighted by Crippen LogP contribution is 2.34. The molecule has 1 fully saturated rings. The number of aromatic hydroxyl groups is 1. The first-order valence-electron chi connectivity index (χ1n) is 15.5. The molecule has 3 aromatic rings. The van der Waals surface area contributed by atoms with Gasteiger partial charge < -0.3 is 35.9 Å². The van der Waals surface area contributed by atoms with Crippen LogP contribution in [0.25, 0.3) is 0 Å². The molecule has 0 spiro atoms. The van der Waals surface area contributed by atoms with Crippen LogP contribution >= 0.6 is 11.6 Å². The molecule has 1 aromatic carbocycles. The van der Waals surface area contributed by atoms with E-state index in [9.17, 15) is 32.7 Å². The van der Waals surface area contributed by atoms with Crippen LogP contribution in [0.1, 0.15) is 34.4 Å². The molecule has 0 unspecified atom stereocenters. The summed E-state index contributed by atoms with van der Waals surface area (Å²) in [6, 6.07) is 2.51. The standard InChI is InChI=1S/C33H32ClF3N10O4/c1-4-24-27(45-9-11-46(12-10-45)31(51)26-28(49)18(3)40-16-41-26)30(50)44-32(43-29(39)19-6-5-17(2)22(38)13-19)47(24)15-25(48)42-23-8-7-20(14-21(23)34)33(35,36)37/h5-8,13-14,16,38,49H,2,4,9-12,15H2,1,3H3,(H,42,48)(H2,39,43,44,50). The Labute approximate surface area is 294 Å². The number of aliphatic imine (C=N–C) groups is 1. The average Bonchev–Trinajstić information content (AvgIpc) is 3.08. The van der Waals surface area contributed by atoms with E-state index < -0.39 is 35.7 Å². The van der Waals surface area contributed by atoms with E-state index in [1.54, 1.807) is 30.9 Å². The third-order valence-electron chi connectivity index (χ3n) is 8.17. The van der Waals surface area contributed by atoms with Gasteiger partial charge in [0.05, 0.1) is 33.4 Å². The summed E-state index contributed by atoms with van der Waals surface area (Å²) in [6.07, 6.45) is 1.32. The number of amides is 2. The van der Waals surface area contributed by atoms with Gasteiger partial charge in [0.1, 0.15) is 24.4 Å². The summed E-state index contributed by atoms with van der Waals surface area (Å²) in [5.41, 5.74) is 6.00. The number of anilines is 2. The number of aromatic nitrogens is 4. The van der Waals surface area contributed by atoms with E-state index in [2.05, 4.69) is 31.8 Å². The summed E-state index contributed by atoms with van der Waals surface area (Å²) in [4.78, 5) is 59.8. The summed E-state index contributed by atoms with van der Waals surface area (Å²) < 4.78 is 40.9. The van der Waals surface area contributed by atoms with Crippen molar-refractivity contribution in [2.24, 2.45) is 10.7 Å². The normalized spacial score (nSPS) is 15.3. The molecule has 5 N–H and O–H groups in total. The summed E-state index contributed by atoms with van der Waals surface area (Å²) in [5.74, 6) is -1.90. The summed E-state index contributed by atoms with van der Waals surface area (Å²) >= 11 is 6.08. The third-order valence-corrected chi connectivity index (χ3v) is 8.48. The quantitative estimate of drug-likeness (QED) is 0.197. The van der Waals surface area contributed by atoms with Gasteiger partial charge in [0.25, 0.3) is 11.5 Å². The Balaban J connectivity index is 1.49. The Morgan fingerprint density at radius 1 is 1.18 bits per heavy atom. The average molecular weight is 725 g/mol. The Morgan fingerprint density at radius 2 is 1.88 bits per heavy atom. The van der Waals surface area contributed by atoms with Gasteiger partial charge in [-0.1, -0.05) is 37.3 Å². The predicted molar refractivity (Wildman–Crippen MR) is 185 cm³/mol. The van der Waals surface area contributed by atoms with Crippen LogP contribution in [0.3, 0.4) is 0 Å². The number of benzene rings is 1. The molecule has 14 nitrogen and oxygen atoms in total. The van der Waals surface area contributed by atoms with Crippen molar-refractivity contribution < 1.29 is 27.9 Å². The van der Waals surface area contributed by atoms with Gasteiger partial charge in [0, 0.05) is 31.8 Å². The minimum Gasteiger partial charge on any atom is -0.504 e. The van der Waals surface area contributed by atoms with E-state index in [-0.39, 0.29) is 83.6 Å². The second-order valence-corrected chi connectivity index (χ2v) is 11.9. The van der Waals surface area contributed by atoms with Crippen molar-refractivity contribution in [3.05, 3.63) is 98.5 Å². The van der Waals surface area contributed by atoms with Crippen molar-refractivity contribution in [1.29, 1.82) is 5.41 Å². The van der Waals surface area contributed by atoms with Gasteiger partial charge in [-0.3, -0.25) is 14.4 Å². The number of nitrogens with zero attached hydrogens (tertiary/aromatic N) is 7. The van der Waals surface area contributed by atoms with Crippen LogP contribution in [-0.2, 0) is 23.9 Å². The van der Waals surface area contributed by atoms with Crippen LogP contribution in [0.5, 0.6) is 5.75 Å². The number of hydrogen-bond acceptors (Lipinski definition) is 10. The number of aryl methyl sites for hydroxylation is 1. The molecule has 1 saturated heterocycles. The number of piperazine rings is 1. The lowest BCUT2D eigenvalue weighted by Gasteiger charge is -2.36. The molecule has 2 amide bonds. The highest BCUT2D eigenvalue weighted by molar-refractivity contribution is 6.33. The van der Waals surface area contributed by atoms with Crippen LogP contribution in [0.4, 0.5) is 30.5 Å². The molecule has 0 radical (unpaired) electrons. The summed E-state index contributed by atoms with van der Waals surface area (Å²) in [7, 11) is 0. The molecule has 2 aromatic heterocycles. The number of hydrogen-bond donors (Lipinski definition) is 4. The monoisotopic (exact) mass is 724 g/mol. The first kappa shape index (κ1) is 36.4. The number of amidine groups is 1. The molecule has 0 atom stereocenters. The maximum atomic E-state index is 13.7. The fourth-order valence-electron chi connectivity index (χ4n) is 5.44. The lowest BCUT2D eigenvalue weighted by Crippen LogP contribution is -2.50. The van der Waals surface area contributed by atoms with Crippen LogP contribution in [0.15, 0.2) is 70.3 Å². The van der Waals surface area contributed by atoms with E-state index in [4.69, 9.17) is 22.7 Å². The Hall–Kier alpha value is -5.84. The van der Waals surface area contributed by atoms with Crippen LogP contribution in [0.2, 0.25) is 5.02 Å². The first-order valence-corrected chi connectivity index (χ1v) is 15.8. The van der Waals surface area contributed by atoms with Gasteiger partial charge in [0.2, 0.25) is 11.9 Å². The number of halogens is 4. The number of carbonyl (C=O) groups is 2. The topological polar surface area (TPSA) is 196 Å². The highest BCUT2D eigenvalue weighted by Gasteiger charge is 2.32. The Bertz CT molecular complexity index is 2100. The molecule has 3 heterocycles. The van der Waals surface area contributed by atoms with Crippen LogP contribution in [0, 0.1) is 12.3 Å². The van der Waals surface area contributed by atoms with Crippen molar-refractivity contribution in [2.45, 2.75) is 33.0 Å². The third kappa shape index (κ3) is 7.82. The second kappa shape index (κ2) is 14.6. The van der Waals surface area contributed by atoms with E-state index in [1.807, 2.05) is 0 Å². The largest absolute Gasteiger partial charge is 0.504 e. The number of nitrogens with two attached hydrogens (primary N) is 1. The number of nitrogens with one attached hydrogen (secondary N) is 2. The smallest absolute Gasteiger partial charge is 0.416 e. The van der Waals surface area contributed by atoms with Crippen molar-refractivity contribution in [1.82, 2.24) is 24.4 Å². The Morgan fingerprint density at radius 3 is 2.51 bits per heavy atom. The van der Waals surface area contributed by atoms with E-state index >= 15 is 0 Å². The van der Waals surface area contributed by atoms with Gasteiger partial charge in [-0.05, 0) is 43.2 Å². The molecule has 2 aliphatic rings. The molecular weight excluding hydrogens is 693 g/mol. The van der Waals surface area contributed by atoms with Gasteiger partial charge >= 0.3 is 6.18 Å². The summed E-state index contributed by atoms with van der Waals surface area (Å²) in [5, 5.41) is 20.6. The zero-order valence-electron chi connectivity index (χ0n) is 27.4. The molecular formula is C33H32ClF3N10O4. The van der Waals surface area contributed by atoms with Crippen LogP contribution < -0.4 is 21.5 Å². The number of carbonyl (C=O) groups excluding carboxylic acids is 2. The van der Waals surface area contributed by atoms with Crippen molar-refractivity contribution >= 4 is 52.3 Å². The second-order valence-electron chi connectivity index (χ2n) is 11.5. The maximum Gasteiger partial charge on any atom is 0.416 e. The molecule has 1 aliphatic carbocycles. The van der Waals surface area contributed by atoms with Crippen molar-refractivity contribution in [2.75, 3.05) is 36.4 Å². The molecule has 0 bridgehead atoms. The molecule has 0 saturated carbocycles. The Kier molecular flexibility index (Phi) is 10.4. The lowest BCUT2D eigenvalue weighted by molar-refractivity contribution is -0.137. The number of alkyl halides is 3.